The van der Waals surface area contributed by atoms with Gasteiger partial charge in [-0.15, -0.1) is 0 Å². The second kappa shape index (κ2) is 8.82. The van der Waals surface area contributed by atoms with Gasteiger partial charge in [0.2, 0.25) is 0 Å². The zero-order valence-corrected chi connectivity index (χ0v) is 17.2. The van der Waals surface area contributed by atoms with Crippen LogP contribution in [0.15, 0.2) is 36.5 Å². The lowest BCUT2D eigenvalue weighted by Crippen LogP contribution is -2.20. The lowest BCUT2D eigenvalue weighted by Gasteiger charge is -2.15. The number of benzene rings is 1. The van der Waals surface area contributed by atoms with Crippen molar-refractivity contribution in [1.29, 1.82) is 5.26 Å². The number of ether oxygens (including phenoxy) is 1. The number of halogens is 2. The molecule has 0 aliphatic rings. The van der Waals surface area contributed by atoms with Crippen molar-refractivity contribution < 1.29 is 14.3 Å². The van der Waals surface area contributed by atoms with E-state index in [1.807, 2.05) is 6.07 Å². The van der Waals surface area contributed by atoms with Crippen molar-refractivity contribution in [3.05, 3.63) is 63.5 Å². The maximum Gasteiger partial charge on any atom is 0.411 e. The Labute approximate surface area is 181 Å². The Morgan fingerprint density at radius 3 is 2.67 bits per heavy atom. The van der Waals surface area contributed by atoms with Crippen LogP contribution in [0.25, 0.3) is 5.82 Å². The van der Waals surface area contributed by atoms with Gasteiger partial charge in [-0.05, 0) is 36.8 Å². The first-order valence-electron chi connectivity index (χ1n) is 8.41. The third kappa shape index (κ3) is 4.35. The van der Waals surface area contributed by atoms with Crippen molar-refractivity contribution in [1.82, 2.24) is 14.8 Å². The molecule has 0 bridgehead atoms. The first kappa shape index (κ1) is 21.1. The number of carbonyl (C=O) groups is 2. The Kier molecular flexibility index (Phi) is 6.20. The molecule has 0 aliphatic heterocycles. The van der Waals surface area contributed by atoms with E-state index in [2.05, 4.69) is 25.5 Å². The molecule has 30 heavy (non-hydrogen) atoms. The van der Waals surface area contributed by atoms with Crippen molar-refractivity contribution in [2.45, 2.75) is 6.92 Å². The van der Waals surface area contributed by atoms with E-state index in [0.29, 0.717) is 11.1 Å². The third-order valence-electron chi connectivity index (χ3n) is 3.98. The summed E-state index contributed by atoms with van der Waals surface area (Å²) in [6.07, 6.45) is 0.745. The number of anilines is 2. The standard InChI is InChI=1S/C19H14Cl2N6O3/c1-10-6-11(9-22)7-13(24-19(29)30-2)16(10)25-18(28)14-8-15(21)26-27(14)17-12(20)4-3-5-23-17/h3-8H,1-2H3,(H,24,29)(H,25,28). The largest absolute Gasteiger partial charge is 0.453 e. The molecule has 0 fully saturated rings. The van der Waals surface area contributed by atoms with Crippen LogP contribution in [0.5, 0.6) is 0 Å². The third-order valence-corrected chi connectivity index (χ3v) is 4.46. The Bertz CT molecular complexity index is 1190. The van der Waals surface area contributed by atoms with Gasteiger partial charge in [-0.1, -0.05) is 23.2 Å². The molecule has 9 nitrogen and oxygen atoms in total. The molecule has 152 valence electrons. The number of rotatable bonds is 4. The molecular weight excluding hydrogens is 431 g/mol. The quantitative estimate of drug-likeness (QED) is 0.621. The van der Waals surface area contributed by atoms with Crippen molar-refractivity contribution in [3.8, 4) is 11.9 Å². The molecule has 0 radical (unpaired) electrons. The zero-order valence-electron chi connectivity index (χ0n) is 15.7. The molecule has 3 rings (SSSR count). The van der Waals surface area contributed by atoms with E-state index in [0.717, 1.165) is 0 Å². The summed E-state index contributed by atoms with van der Waals surface area (Å²) in [4.78, 5) is 28.9. The van der Waals surface area contributed by atoms with Gasteiger partial charge in [-0.3, -0.25) is 10.1 Å². The second-order valence-corrected chi connectivity index (χ2v) is 6.77. The Hall–Kier alpha value is -3.61. The van der Waals surface area contributed by atoms with Gasteiger partial charge in [-0.2, -0.15) is 10.4 Å². The van der Waals surface area contributed by atoms with Gasteiger partial charge in [0.05, 0.1) is 35.1 Å². The van der Waals surface area contributed by atoms with E-state index in [-0.39, 0.29) is 33.1 Å². The number of carbonyl (C=O) groups excluding carboxylic acids is 2. The van der Waals surface area contributed by atoms with Crippen molar-refractivity contribution in [2.24, 2.45) is 0 Å². The Balaban J connectivity index is 2.03. The lowest BCUT2D eigenvalue weighted by molar-refractivity contribution is 0.101. The average molecular weight is 445 g/mol. The minimum atomic E-state index is -0.756. The van der Waals surface area contributed by atoms with Crippen LogP contribution in [0.2, 0.25) is 10.2 Å². The summed E-state index contributed by atoms with van der Waals surface area (Å²) >= 11 is 12.2. The highest BCUT2D eigenvalue weighted by Crippen LogP contribution is 2.29. The van der Waals surface area contributed by atoms with Crippen LogP contribution >= 0.6 is 23.2 Å². The van der Waals surface area contributed by atoms with E-state index in [1.165, 1.54) is 30.1 Å². The number of hydrogen-bond acceptors (Lipinski definition) is 6. The maximum absolute atomic E-state index is 13.0. The molecular formula is C19H14Cl2N6O3. The van der Waals surface area contributed by atoms with Crippen LogP contribution < -0.4 is 10.6 Å². The molecule has 2 N–H and O–H groups in total. The molecule has 0 aliphatic carbocycles. The van der Waals surface area contributed by atoms with Gasteiger partial charge in [0.1, 0.15) is 5.69 Å². The molecule has 0 atom stereocenters. The topological polar surface area (TPSA) is 122 Å². The minimum Gasteiger partial charge on any atom is -0.453 e. The van der Waals surface area contributed by atoms with Crippen LogP contribution in [0.1, 0.15) is 21.6 Å². The summed E-state index contributed by atoms with van der Waals surface area (Å²) < 4.78 is 5.82. The SMILES string of the molecule is COC(=O)Nc1cc(C#N)cc(C)c1NC(=O)c1cc(Cl)nn1-c1ncccc1Cl. The first-order chi connectivity index (χ1) is 14.3. The van der Waals surface area contributed by atoms with Gasteiger partial charge in [-0.25, -0.2) is 14.5 Å². The molecule has 2 amide bonds. The van der Waals surface area contributed by atoms with Crippen molar-refractivity contribution in [3.63, 3.8) is 0 Å². The molecule has 0 spiro atoms. The summed E-state index contributed by atoms with van der Waals surface area (Å²) in [5, 5.41) is 18.8. The number of methoxy groups -OCH3 is 1. The fourth-order valence-corrected chi connectivity index (χ4v) is 3.04. The Morgan fingerprint density at radius 1 is 1.23 bits per heavy atom. The van der Waals surface area contributed by atoms with Crippen LogP contribution in [0.4, 0.5) is 16.2 Å². The normalized spacial score (nSPS) is 10.2. The van der Waals surface area contributed by atoms with E-state index >= 15 is 0 Å². The second-order valence-electron chi connectivity index (χ2n) is 5.97. The van der Waals surface area contributed by atoms with Crippen LogP contribution in [-0.2, 0) is 4.74 Å². The number of aryl methyl sites for hydroxylation is 1. The van der Waals surface area contributed by atoms with Gasteiger partial charge in [0, 0.05) is 12.3 Å². The fraction of sp³-hybridized carbons (Fsp3) is 0.105. The lowest BCUT2D eigenvalue weighted by atomic mass is 10.1. The average Bonchev–Trinajstić information content (AvgIpc) is 3.11. The fourth-order valence-electron chi connectivity index (χ4n) is 2.66. The summed E-state index contributed by atoms with van der Waals surface area (Å²) in [5.74, 6) is -0.363. The predicted octanol–water partition coefficient (Wildman–Crippen LogP) is 4.18. The number of hydrogen-bond donors (Lipinski definition) is 2. The number of amides is 2. The van der Waals surface area contributed by atoms with Crippen molar-refractivity contribution >= 4 is 46.6 Å². The molecule has 0 unspecified atom stereocenters. The molecule has 2 heterocycles. The van der Waals surface area contributed by atoms with Gasteiger partial charge >= 0.3 is 6.09 Å². The summed E-state index contributed by atoms with van der Waals surface area (Å²) in [7, 11) is 1.20. The summed E-state index contributed by atoms with van der Waals surface area (Å²) in [6, 6.07) is 9.57. The molecule has 3 aromatic rings. The maximum atomic E-state index is 13.0. The highest BCUT2D eigenvalue weighted by atomic mass is 35.5. The number of nitrogens with zero attached hydrogens (tertiary/aromatic N) is 4. The minimum absolute atomic E-state index is 0.0614. The Morgan fingerprint density at radius 2 is 2.00 bits per heavy atom. The number of pyridine rings is 1. The number of aromatic nitrogens is 3. The number of nitrogens with one attached hydrogen (secondary N) is 2. The summed E-state index contributed by atoms with van der Waals surface area (Å²) in [6.45, 7) is 1.68. The van der Waals surface area contributed by atoms with Crippen LogP contribution in [0.3, 0.4) is 0 Å². The van der Waals surface area contributed by atoms with Gasteiger partial charge < -0.3 is 10.1 Å². The predicted molar refractivity (Wildman–Crippen MR) is 111 cm³/mol. The van der Waals surface area contributed by atoms with E-state index in [4.69, 9.17) is 23.2 Å². The van der Waals surface area contributed by atoms with Gasteiger partial charge in [0.15, 0.2) is 11.0 Å². The van der Waals surface area contributed by atoms with E-state index in [1.54, 1.807) is 25.1 Å². The summed E-state index contributed by atoms with van der Waals surface area (Å²) in [5.41, 5.74) is 1.38. The molecule has 11 heteroatoms. The molecule has 1 aromatic carbocycles. The smallest absolute Gasteiger partial charge is 0.411 e. The van der Waals surface area contributed by atoms with Crippen molar-refractivity contribution in [2.75, 3.05) is 17.7 Å². The monoisotopic (exact) mass is 444 g/mol. The highest BCUT2D eigenvalue weighted by molar-refractivity contribution is 6.32. The number of nitriles is 1. The molecule has 0 saturated heterocycles. The highest BCUT2D eigenvalue weighted by Gasteiger charge is 2.21. The van der Waals surface area contributed by atoms with Crippen LogP contribution in [-0.4, -0.2) is 33.9 Å². The molecule has 2 aromatic heterocycles. The first-order valence-corrected chi connectivity index (χ1v) is 9.17. The molecule has 0 saturated carbocycles. The zero-order chi connectivity index (χ0) is 21.8. The van der Waals surface area contributed by atoms with E-state index < -0.39 is 12.0 Å². The van der Waals surface area contributed by atoms with E-state index in [9.17, 15) is 14.9 Å². The van der Waals surface area contributed by atoms with Crippen LogP contribution in [0, 0.1) is 18.3 Å². The van der Waals surface area contributed by atoms with Gasteiger partial charge in [0.25, 0.3) is 5.91 Å².